The van der Waals surface area contributed by atoms with Gasteiger partial charge in [0, 0.05) is 19.0 Å². The Labute approximate surface area is 107 Å². The van der Waals surface area contributed by atoms with Crippen LogP contribution >= 0.6 is 0 Å². The molecule has 0 aromatic heterocycles. The van der Waals surface area contributed by atoms with Crippen LogP contribution in [0.4, 0.5) is 0 Å². The third kappa shape index (κ3) is 4.07. The SMILES string of the molecule is COc1cc(CNC(C)CC(N)=O)ccc1C#N. The first-order valence-electron chi connectivity index (χ1n) is 5.65. The standard InChI is InChI=1S/C13H17N3O2/c1-9(5-13(15)17)16-8-10-3-4-11(7-14)12(6-10)18-2/h3-4,6,9,16H,5,8H2,1-2H3,(H2,15,17). The second-order valence-electron chi connectivity index (χ2n) is 4.10. The van der Waals surface area contributed by atoms with Crippen molar-refractivity contribution in [3.05, 3.63) is 29.3 Å². The van der Waals surface area contributed by atoms with E-state index in [1.165, 1.54) is 7.11 Å². The van der Waals surface area contributed by atoms with Crippen LogP contribution in [0, 0.1) is 11.3 Å². The van der Waals surface area contributed by atoms with E-state index in [0.29, 0.717) is 24.3 Å². The van der Waals surface area contributed by atoms with Gasteiger partial charge in [0.1, 0.15) is 11.8 Å². The number of benzene rings is 1. The van der Waals surface area contributed by atoms with Gasteiger partial charge >= 0.3 is 0 Å². The van der Waals surface area contributed by atoms with Gasteiger partial charge in [0.25, 0.3) is 0 Å². The highest BCUT2D eigenvalue weighted by atomic mass is 16.5. The van der Waals surface area contributed by atoms with Crippen molar-refractivity contribution >= 4 is 5.91 Å². The van der Waals surface area contributed by atoms with E-state index in [2.05, 4.69) is 11.4 Å². The largest absolute Gasteiger partial charge is 0.495 e. The molecule has 1 aromatic carbocycles. The Hall–Kier alpha value is -2.06. The lowest BCUT2D eigenvalue weighted by molar-refractivity contribution is -0.118. The predicted molar refractivity (Wildman–Crippen MR) is 67.8 cm³/mol. The minimum atomic E-state index is -0.326. The van der Waals surface area contributed by atoms with Gasteiger partial charge in [0.2, 0.25) is 5.91 Å². The fourth-order valence-corrected chi connectivity index (χ4v) is 1.60. The first-order chi connectivity index (χ1) is 8.56. The summed E-state index contributed by atoms with van der Waals surface area (Å²) >= 11 is 0. The molecule has 1 aromatic rings. The van der Waals surface area contributed by atoms with E-state index in [1.54, 1.807) is 6.07 Å². The minimum absolute atomic E-state index is 0.0177. The molecule has 1 unspecified atom stereocenters. The summed E-state index contributed by atoms with van der Waals surface area (Å²) in [5, 5.41) is 12.0. The number of primary amides is 1. The van der Waals surface area contributed by atoms with Crippen molar-refractivity contribution in [2.75, 3.05) is 7.11 Å². The number of nitrogens with one attached hydrogen (secondary N) is 1. The Bertz CT molecular complexity index is 466. The van der Waals surface area contributed by atoms with Gasteiger partial charge in [0.05, 0.1) is 12.7 Å². The fraction of sp³-hybridized carbons (Fsp3) is 0.385. The quantitative estimate of drug-likeness (QED) is 0.782. The van der Waals surface area contributed by atoms with Gasteiger partial charge in [-0.3, -0.25) is 4.79 Å². The Morgan fingerprint density at radius 2 is 2.33 bits per heavy atom. The van der Waals surface area contributed by atoms with Crippen LogP contribution in [0.5, 0.6) is 5.75 Å². The molecule has 0 aliphatic heterocycles. The van der Waals surface area contributed by atoms with Gasteiger partial charge in [-0.25, -0.2) is 0 Å². The lowest BCUT2D eigenvalue weighted by atomic mass is 10.1. The van der Waals surface area contributed by atoms with E-state index < -0.39 is 0 Å². The Morgan fingerprint density at radius 1 is 1.61 bits per heavy atom. The second-order valence-corrected chi connectivity index (χ2v) is 4.10. The number of carbonyl (C=O) groups excluding carboxylic acids is 1. The number of rotatable bonds is 6. The molecular formula is C13H17N3O2. The molecule has 5 nitrogen and oxygen atoms in total. The Morgan fingerprint density at radius 3 is 2.89 bits per heavy atom. The molecule has 5 heteroatoms. The third-order valence-electron chi connectivity index (χ3n) is 2.55. The number of carbonyl (C=O) groups is 1. The van der Waals surface area contributed by atoms with Gasteiger partial charge in [-0.1, -0.05) is 6.07 Å². The van der Waals surface area contributed by atoms with Gasteiger partial charge in [-0.2, -0.15) is 5.26 Å². The molecule has 0 spiro atoms. The van der Waals surface area contributed by atoms with Crippen molar-refractivity contribution < 1.29 is 9.53 Å². The highest BCUT2D eigenvalue weighted by molar-refractivity contribution is 5.74. The maximum absolute atomic E-state index is 10.7. The zero-order valence-corrected chi connectivity index (χ0v) is 10.6. The molecule has 0 saturated heterocycles. The summed E-state index contributed by atoms with van der Waals surface area (Å²) in [7, 11) is 1.53. The van der Waals surface area contributed by atoms with E-state index in [1.807, 2.05) is 19.1 Å². The van der Waals surface area contributed by atoms with Crippen LogP contribution in [-0.2, 0) is 11.3 Å². The van der Waals surface area contributed by atoms with Crippen LogP contribution < -0.4 is 15.8 Å². The molecule has 0 bridgehead atoms. The van der Waals surface area contributed by atoms with Gasteiger partial charge in [-0.15, -0.1) is 0 Å². The molecule has 1 rings (SSSR count). The van der Waals surface area contributed by atoms with Crippen molar-refractivity contribution in [2.45, 2.75) is 25.9 Å². The topological polar surface area (TPSA) is 88.1 Å². The fourth-order valence-electron chi connectivity index (χ4n) is 1.60. The summed E-state index contributed by atoms with van der Waals surface area (Å²) < 4.78 is 5.12. The molecule has 0 aliphatic rings. The summed E-state index contributed by atoms with van der Waals surface area (Å²) in [6, 6.07) is 7.45. The normalized spacial score (nSPS) is 11.6. The molecule has 0 radical (unpaired) electrons. The second kappa shape index (κ2) is 6.62. The molecule has 0 fully saturated rings. The van der Waals surface area contributed by atoms with Crippen molar-refractivity contribution in [1.82, 2.24) is 5.32 Å². The molecule has 1 atom stereocenters. The molecule has 1 amide bonds. The van der Waals surface area contributed by atoms with Crippen LogP contribution in [0.3, 0.4) is 0 Å². The van der Waals surface area contributed by atoms with Crippen LogP contribution in [0.2, 0.25) is 0 Å². The lowest BCUT2D eigenvalue weighted by Gasteiger charge is -2.12. The van der Waals surface area contributed by atoms with Crippen LogP contribution in [0.25, 0.3) is 0 Å². The van der Waals surface area contributed by atoms with Crippen molar-refractivity contribution in [3.8, 4) is 11.8 Å². The molecular weight excluding hydrogens is 230 g/mol. The first-order valence-corrected chi connectivity index (χ1v) is 5.65. The van der Waals surface area contributed by atoms with Crippen molar-refractivity contribution in [2.24, 2.45) is 5.73 Å². The van der Waals surface area contributed by atoms with E-state index in [0.717, 1.165) is 5.56 Å². The van der Waals surface area contributed by atoms with Crippen LogP contribution in [0.1, 0.15) is 24.5 Å². The highest BCUT2D eigenvalue weighted by Gasteiger charge is 2.07. The first kappa shape index (κ1) is 14.0. The van der Waals surface area contributed by atoms with Gasteiger partial charge in [0.15, 0.2) is 0 Å². The molecule has 0 aliphatic carbocycles. The van der Waals surface area contributed by atoms with E-state index in [9.17, 15) is 4.79 Å². The predicted octanol–water partition coefficient (Wildman–Crippen LogP) is 0.920. The minimum Gasteiger partial charge on any atom is -0.495 e. The molecule has 0 heterocycles. The number of hydrogen-bond acceptors (Lipinski definition) is 4. The number of nitrogens with zero attached hydrogens (tertiary/aromatic N) is 1. The lowest BCUT2D eigenvalue weighted by Crippen LogP contribution is -2.30. The molecule has 18 heavy (non-hydrogen) atoms. The van der Waals surface area contributed by atoms with E-state index >= 15 is 0 Å². The summed E-state index contributed by atoms with van der Waals surface area (Å²) in [5.74, 6) is 0.228. The maximum atomic E-state index is 10.7. The van der Waals surface area contributed by atoms with E-state index in [-0.39, 0.29) is 11.9 Å². The summed E-state index contributed by atoms with van der Waals surface area (Å²) in [4.78, 5) is 10.7. The molecule has 0 saturated carbocycles. The average molecular weight is 247 g/mol. The number of methoxy groups -OCH3 is 1. The van der Waals surface area contributed by atoms with Gasteiger partial charge < -0.3 is 15.8 Å². The summed E-state index contributed by atoms with van der Waals surface area (Å²) in [5.41, 5.74) is 6.60. The summed E-state index contributed by atoms with van der Waals surface area (Å²) in [6.45, 7) is 2.49. The average Bonchev–Trinajstić information content (AvgIpc) is 2.35. The van der Waals surface area contributed by atoms with Crippen LogP contribution in [-0.4, -0.2) is 19.1 Å². The van der Waals surface area contributed by atoms with Crippen molar-refractivity contribution in [3.63, 3.8) is 0 Å². The van der Waals surface area contributed by atoms with Gasteiger partial charge in [-0.05, 0) is 24.6 Å². The third-order valence-corrected chi connectivity index (χ3v) is 2.55. The Balaban J connectivity index is 2.63. The number of nitrogens with two attached hydrogens (primary N) is 1. The van der Waals surface area contributed by atoms with Crippen molar-refractivity contribution in [1.29, 1.82) is 5.26 Å². The zero-order chi connectivity index (χ0) is 13.5. The number of ether oxygens (including phenoxy) is 1. The van der Waals surface area contributed by atoms with Crippen LogP contribution in [0.15, 0.2) is 18.2 Å². The summed E-state index contributed by atoms with van der Waals surface area (Å²) in [6.07, 6.45) is 0.299. The number of nitriles is 1. The number of hydrogen-bond donors (Lipinski definition) is 2. The maximum Gasteiger partial charge on any atom is 0.218 e. The zero-order valence-electron chi connectivity index (χ0n) is 10.6. The number of amides is 1. The Kier molecular flexibility index (Phi) is 5.15. The smallest absolute Gasteiger partial charge is 0.218 e. The molecule has 3 N–H and O–H groups in total. The monoisotopic (exact) mass is 247 g/mol. The van der Waals surface area contributed by atoms with E-state index in [4.69, 9.17) is 15.7 Å². The molecule has 96 valence electrons. The highest BCUT2D eigenvalue weighted by Crippen LogP contribution is 2.19.